The highest BCUT2D eigenvalue weighted by Crippen LogP contribution is 2.23. The molecule has 30 valence electrons. The zero-order valence-electron chi connectivity index (χ0n) is 3.65. The van der Waals surface area contributed by atoms with E-state index in [0.29, 0.717) is 0 Å². The van der Waals surface area contributed by atoms with Crippen molar-refractivity contribution in [2.75, 3.05) is 0 Å². The van der Waals surface area contributed by atoms with E-state index >= 15 is 0 Å². The average molecular weight is 86.1 g/mol. The smallest absolute Gasteiger partial charge is 0.0412 e. The van der Waals surface area contributed by atoms with Crippen molar-refractivity contribution >= 4 is 0 Å². The molecule has 0 spiro atoms. The van der Waals surface area contributed by atoms with Crippen molar-refractivity contribution in [1.29, 1.82) is 0 Å². The van der Waals surface area contributed by atoms with Crippen LogP contribution in [-0.2, 0) is 0 Å². The second kappa shape index (κ2) is 0.729. The molecule has 0 heteroatoms. The maximum absolute atomic E-state index is 3.03. The van der Waals surface area contributed by atoms with Crippen molar-refractivity contribution in [3.8, 4) is 0 Å². The van der Waals surface area contributed by atoms with Gasteiger partial charge in [0.1, 0.15) is 0 Å². The Labute approximate surface area is 41.5 Å². The van der Waals surface area contributed by atoms with E-state index in [0.717, 1.165) is 0 Å². The van der Waals surface area contributed by atoms with Crippen molar-refractivity contribution in [2.24, 2.45) is 0 Å². The fourth-order valence-electron chi connectivity index (χ4n) is 0.569. The SMILES string of the molecule is C1=C=CC2=C=C2C=1. The molecule has 0 heterocycles. The highest BCUT2D eigenvalue weighted by Gasteiger charge is 2.08. The number of hydrogen-bond acceptors (Lipinski definition) is 0. The monoisotopic (exact) mass is 86.0 g/mol. The Morgan fingerprint density at radius 2 is 1.57 bits per heavy atom. The molecule has 0 radical (unpaired) electrons. The second-order valence-corrected chi connectivity index (χ2v) is 1.53. The number of fused-ring (bicyclic) bond motifs is 1. The van der Waals surface area contributed by atoms with Gasteiger partial charge in [-0.25, -0.2) is 0 Å². The molecule has 0 aromatic rings. The van der Waals surface area contributed by atoms with Crippen LogP contribution in [0.25, 0.3) is 0 Å². The lowest BCUT2D eigenvalue weighted by molar-refractivity contribution is 1.74. The zero-order valence-corrected chi connectivity index (χ0v) is 3.65. The summed E-state index contributed by atoms with van der Waals surface area (Å²) in [6.45, 7) is 0. The number of allylic oxidation sites excluding steroid dienone is 3. The molecule has 0 bridgehead atoms. The van der Waals surface area contributed by atoms with Crippen LogP contribution < -0.4 is 0 Å². The first-order chi connectivity index (χ1) is 3.47. The van der Waals surface area contributed by atoms with Crippen LogP contribution in [0.1, 0.15) is 0 Å². The van der Waals surface area contributed by atoms with Crippen molar-refractivity contribution in [2.45, 2.75) is 0 Å². The van der Waals surface area contributed by atoms with E-state index in [4.69, 9.17) is 0 Å². The van der Waals surface area contributed by atoms with Crippen LogP contribution in [-0.4, -0.2) is 0 Å². The first-order valence-electron chi connectivity index (χ1n) is 2.15. The fourth-order valence-corrected chi connectivity index (χ4v) is 0.569. The summed E-state index contributed by atoms with van der Waals surface area (Å²) >= 11 is 0. The maximum Gasteiger partial charge on any atom is 0.0412 e. The molecule has 0 fully saturated rings. The topological polar surface area (TPSA) is 0 Å². The van der Waals surface area contributed by atoms with Gasteiger partial charge in [0.05, 0.1) is 0 Å². The first-order valence-corrected chi connectivity index (χ1v) is 2.15. The molecule has 0 nitrogen and oxygen atoms in total. The minimum atomic E-state index is 1.19. The normalized spacial score (nSPS) is 18.3. The van der Waals surface area contributed by atoms with Crippen LogP contribution in [0.4, 0.5) is 0 Å². The van der Waals surface area contributed by atoms with Crippen molar-refractivity contribution < 1.29 is 0 Å². The Morgan fingerprint density at radius 3 is 2.00 bits per heavy atom. The van der Waals surface area contributed by atoms with Crippen molar-refractivity contribution in [3.05, 3.63) is 40.5 Å². The van der Waals surface area contributed by atoms with Gasteiger partial charge in [0.25, 0.3) is 0 Å². The minimum Gasteiger partial charge on any atom is -0.101 e. The van der Waals surface area contributed by atoms with E-state index in [2.05, 4.69) is 17.2 Å². The lowest BCUT2D eigenvalue weighted by Gasteiger charge is -1.76. The lowest BCUT2D eigenvalue weighted by atomic mass is 10.2. The van der Waals surface area contributed by atoms with E-state index < -0.39 is 0 Å². The predicted octanol–water partition coefficient (Wildman–Crippen LogP) is 1.33. The van der Waals surface area contributed by atoms with Gasteiger partial charge >= 0.3 is 0 Å². The molecule has 0 saturated carbocycles. The molecule has 0 aromatic carbocycles. The maximum atomic E-state index is 3.03. The Kier molecular flexibility index (Phi) is 0.303. The molecule has 0 unspecified atom stereocenters. The van der Waals surface area contributed by atoms with E-state index in [-0.39, 0.29) is 0 Å². The van der Waals surface area contributed by atoms with Gasteiger partial charge < -0.3 is 0 Å². The van der Waals surface area contributed by atoms with Gasteiger partial charge in [-0.15, -0.1) is 5.73 Å². The third-order valence-corrected chi connectivity index (χ3v) is 1.01. The van der Waals surface area contributed by atoms with Gasteiger partial charge in [0.2, 0.25) is 0 Å². The molecule has 0 amide bonds. The first kappa shape index (κ1) is 2.91. The van der Waals surface area contributed by atoms with Crippen LogP contribution in [0.15, 0.2) is 40.5 Å². The van der Waals surface area contributed by atoms with Crippen LogP contribution in [0.3, 0.4) is 0 Å². The third kappa shape index (κ3) is 0.274. The molecule has 2 aliphatic carbocycles. The van der Waals surface area contributed by atoms with E-state index in [1.54, 1.807) is 0 Å². The van der Waals surface area contributed by atoms with Crippen LogP contribution >= 0.6 is 0 Å². The van der Waals surface area contributed by atoms with Gasteiger partial charge in [-0.2, -0.15) is 0 Å². The standard InChI is InChI=1S/C7H2/c1-2-4-7-5-6(7)3-1/h3-4H. The quantitative estimate of drug-likeness (QED) is 0.390. The summed E-state index contributed by atoms with van der Waals surface area (Å²) in [6.07, 6.45) is 3.77. The molecule has 0 aliphatic heterocycles. The number of rotatable bonds is 0. The summed E-state index contributed by atoms with van der Waals surface area (Å²) < 4.78 is 0. The molecule has 0 atom stereocenters. The van der Waals surface area contributed by atoms with Gasteiger partial charge in [0.15, 0.2) is 0 Å². The minimum absolute atomic E-state index is 1.19. The van der Waals surface area contributed by atoms with E-state index in [1.165, 1.54) is 11.1 Å². The number of hydrogen-bond donors (Lipinski definition) is 0. The van der Waals surface area contributed by atoms with Gasteiger partial charge in [0, 0.05) is 23.3 Å². The molecule has 2 rings (SSSR count). The van der Waals surface area contributed by atoms with Gasteiger partial charge in [-0.05, 0) is 0 Å². The average Bonchev–Trinajstić information content (AvgIpc) is 2.41. The Bertz CT molecular complexity index is 245. The van der Waals surface area contributed by atoms with Crippen molar-refractivity contribution in [1.82, 2.24) is 0 Å². The third-order valence-electron chi connectivity index (χ3n) is 1.01. The molecule has 0 N–H and O–H groups in total. The van der Waals surface area contributed by atoms with Crippen molar-refractivity contribution in [3.63, 3.8) is 0 Å². The molecule has 0 saturated heterocycles. The Balaban J connectivity index is 2.76. The summed E-state index contributed by atoms with van der Waals surface area (Å²) in [5.41, 5.74) is 11.1. The summed E-state index contributed by atoms with van der Waals surface area (Å²) in [4.78, 5) is 0. The lowest BCUT2D eigenvalue weighted by Crippen LogP contribution is -1.61. The molecular weight excluding hydrogens is 84.1 g/mol. The highest BCUT2D eigenvalue weighted by atomic mass is 14.1. The Hall–Kier alpha value is -1.18. The molecule has 0 aromatic heterocycles. The highest BCUT2D eigenvalue weighted by molar-refractivity contribution is 5.59. The van der Waals surface area contributed by atoms with Gasteiger partial charge in [-0.1, -0.05) is 11.5 Å². The van der Waals surface area contributed by atoms with Crippen LogP contribution in [0.2, 0.25) is 0 Å². The fraction of sp³-hybridized carbons (Fsp3) is 0. The molecule has 7 heavy (non-hydrogen) atoms. The second-order valence-electron chi connectivity index (χ2n) is 1.53. The zero-order chi connectivity index (χ0) is 4.69. The molecular formula is C7H2. The summed E-state index contributed by atoms with van der Waals surface area (Å²) in [7, 11) is 0. The largest absolute Gasteiger partial charge is 0.101 e. The van der Waals surface area contributed by atoms with Crippen LogP contribution in [0.5, 0.6) is 0 Å². The summed E-state index contributed by atoms with van der Waals surface area (Å²) in [6, 6.07) is 0. The van der Waals surface area contributed by atoms with Crippen LogP contribution in [0, 0.1) is 0 Å². The van der Waals surface area contributed by atoms with E-state index in [9.17, 15) is 0 Å². The van der Waals surface area contributed by atoms with E-state index in [1.807, 2.05) is 12.2 Å². The summed E-state index contributed by atoms with van der Waals surface area (Å²) in [5.74, 6) is 0. The Morgan fingerprint density at radius 1 is 1.00 bits per heavy atom. The molecule has 2 aliphatic rings. The van der Waals surface area contributed by atoms with Gasteiger partial charge in [-0.3, -0.25) is 0 Å². The predicted molar refractivity (Wildman–Crippen MR) is 26.7 cm³/mol. The summed E-state index contributed by atoms with van der Waals surface area (Å²) in [5, 5.41) is 0.